The summed E-state index contributed by atoms with van der Waals surface area (Å²) in [6, 6.07) is 5.49. The maximum atomic E-state index is 10.5. The van der Waals surface area contributed by atoms with Crippen molar-refractivity contribution in [3.8, 4) is 0 Å². The molecule has 3 rings (SSSR count). The van der Waals surface area contributed by atoms with Gasteiger partial charge in [-0.25, -0.2) is 0 Å². The van der Waals surface area contributed by atoms with Gasteiger partial charge < -0.3 is 20.0 Å². The van der Waals surface area contributed by atoms with Gasteiger partial charge in [-0.1, -0.05) is 28.9 Å². The number of hydrogen-bond donors (Lipinski definition) is 2. The summed E-state index contributed by atoms with van der Waals surface area (Å²) < 4.78 is 4.79. The fourth-order valence-electron chi connectivity index (χ4n) is 1.94. The maximum absolute atomic E-state index is 10.5. The van der Waals surface area contributed by atoms with Crippen molar-refractivity contribution in [1.82, 2.24) is 15.5 Å². The zero-order chi connectivity index (χ0) is 16.8. The molecular weight excluding hydrogens is 316 g/mol. The molecule has 6 nitrogen and oxygen atoms in total. The van der Waals surface area contributed by atoms with Crippen molar-refractivity contribution >= 4 is 29.7 Å². The number of nitrogens with zero attached hydrogens (tertiary/aromatic N) is 2. The average Bonchev–Trinajstić information content (AvgIpc) is 3.00. The van der Waals surface area contributed by atoms with Crippen LogP contribution >= 0.6 is 11.6 Å². The molecule has 0 radical (unpaired) electrons. The van der Waals surface area contributed by atoms with E-state index >= 15 is 0 Å². The van der Waals surface area contributed by atoms with Crippen molar-refractivity contribution in [3.63, 3.8) is 0 Å². The molecule has 1 aliphatic heterocycles. The zero-order valence-electron chi connectivity index (χ0n) is 13.2. The van der Waals surface area contributed by atoms with E-state index < -0.39 is 0 Å². The first kappa shape index (κ1) is 17.2. The Morgan fingerprint density at radius 2 is 2.26 bits per heavy atom. The highest BCUT2D eigenvalue weighted by atomic mass is 35.5. The number of benzene rings is 1. The van der Waals surface area contributed by atoms with Gasteiger partial charge in [0.15, 0.2) is 5.82 Å². The summed E-state index contributed by atoms with van der Waals surface area (Å²) in [4.78, 5) is 14.5. The fourth-order valence-corrected chi connectivity index (χ4v) is 2.12. The van der Waals surface area contributed by atoms with Crippen LogP contribution in [0, 0.1) is 6.92 Å². The Morgan fingerprint density at radius 3 is 2.87 bits per heavy atom. The molecule has 2 aromatic rings. The second-order valence-electron chi connectivity index (χ2n) is 5.08. The van der Waals surface area contributed by atoms with Crippen molar-refractivity contribution in [1.29, 1.82) is 0 Å². The Morgan fingerprint density at radius 1 is 1.48 bits per heavy atom. The molecule has 122 valence electrons. The van der Waals surface area contributed by atoms with Gasteiger partial charge in [-0.2, -0.15) is 4.98 Å². The molecule has 1 aromatic carbocycles. The lowest BCUT2D eigenvalue weighted by Crippen LogP contribution is -2.20. The first-order valence-electron chi connectivity index (χ1n) is 7.20. The molecule has 23 heavy (non-hydrogen) atoms. The highest BCUT2D eigenvalue weighted by Gasteiger charge is 2.11. The summed E-state index contributed by atoms with van der Waals surface area (Å²) in [7, 11) is 1.86. The van der Waals surface area contributed by atoms with E-state index in [4.69, 9.17) is 16.1 Å². The van der Waals surface area contributed by atoms with Gasteiger partial charge in [0.2, 0.25) is 5.89 Å². The Kier molecular flexibility index (Phi) is 5.90. The summed E-state index contributed by atoms with van der Waals surface area (Å²) >= 11 is 5.82. The fraction of sp³-hybridized carbons (Fsp3) is 0.312. The third-order valence-electron chi connectivity index (χ3n) is 3.33. The van der Waals surface area contributed by atoms with E-state index in [1.807, 2.05) is 38.3 Å². The van der Waals surface area contributed by atoms with E-state index in [0.29, 0.717) is 16.7 Å². The van der Waals surface area contributed by atoms with Gasteiger partial charge in [-0.05, 0) is 37.7 Å². The van der Waals surface area contributed by atoms with Crippen molar-refractivity contribution in [2.75, 3.05) is 12.4 Å². The highest BCUT2D eigenvalue weighted by Crippen LogP contribution is 2.25. The summed E-state index contributed by atoms with van der Waals surface area (Å²) in [6.07, 6.45) is 4.58. The van der Waals surface area contributed by atoms with Crippen LogP contribution in [0.3, 0.4) is 0 Å². The second kappa shape index (κ2) is 7.89. The van der Waals surface area contributed by atoms with Crippen molar-refractivity contribution < 1.29 is 9.32 Å². The van der Waals surface area contributed by atoms with Crippen molar-refractivity contribution in [2.45, 2.75) is 25.9 Å². The van der Waals surface area contributed by atoms with E-state index in [1.54, 1.807) is 13.0 Å². The topological polar surface area (TPSA) is 80.1 Å². The Labute approximate surface area is 139 Å². The number of fused-ring (bicyclic) bond motifs is 1. The number of hydrogen-bond acceptors (Lipinski definition) is 6. The van der Waals surface area contributed by atoms with Crippen LogP contribution in [0.1, 0.15) is 30.2 Å². The van der Waals surface area contributed by atoms with Gasteiger partial charge in [0, 0.05) is 17.6 Å². The van der Waals surface area contributed by atoms with E-state index in [0.717, 1.165) is 17.5 Å². The van der Waals surface area contributed by atoms with Gasteiger partial charge in [-0.15, -0.1) is 0 Å². The lowest BCUT2D eigenvalue weighted by Gasteiger charge is -2.17. The number of aromatic nitrogens is 2. The van der Waals surface area contributed by atoms with Crippen LogP contribution in [0.15, 0.2) is 28.8 Å². The second-order valence-corrected chi connectivity index (χ2v) is 5.52. The quantitative estimate of drug-likeness (QED) is 0.840. The number of aryl methyl sites for hydroxylation is 1. The highest BCUT2D eigenvalue weighted by molar-refractivity contribution is 6.30. The van der Waals surface area contributed by atoms with Gasteiger partial charge >= 0.3 is 0 Å². The summed E-state index contributed by atoms with van der Waals surface area (Å²) in [5.74, 6) is 1.32. The van der Waals surface area contributed by atoms with Crippen LogP contribution in [0.4, 0.5) is 5.69 Å². The molecular formula is C16H19ClN4O2. The van der Waals surface area contributed by atoms with Gasteiger partial charge in [0.25, 0.3) is 0 Å². The Bertz CT molecular complexity index is 699. The molecule has 1 aromatic heterocycles. The lowest BCUT2D eigenvalue weighted by atomic mass is 10.1. The summed E-state index contributed by atoms with van der Waals surface area (Å²) in [5, 5.41) is 10.5. The van der Waals surface area contributed by atoms with Crippen LogP contribution in [0.25, 0.3) is 6.08 Å². The lowest BCUT2D eigenvalue weighted by molar-refractivity contribution is -0.107. The van der Waals surface area contributed by atoms with E-state index in [9.17, 15) is 4.79 Å². The number of rotatable bonds is 3. The van der Waals surface area contributed by atoms with Crippen LogP contribution in [-0.2, 0) is 4.79 Å². The Balaban J connectivity index is 0.000000174. The summed E-state index contributed by atoms with van der Waals surface area (Å²) in [5.41, 5.74) is 1.97. The third kappa shape index (κ3) is 4.64. The molecule has 2 atom stereocenters. The molecule has 0 bridgehead atoms. The molecule has 1 aliphatic rings. The minimum Gasteiger partial charge on any atom is -0.372 e. The Hall–Kier alpha value is -2.18. The maximum Gasteiger partial charge on any atom is 0.223 e. The number of nitrogens with one attached hydrogen (secondary N) is 2. The van der Waals surface area contributed by atoms with Crippen LogP contribution in [-0.4, -0.2) is 29.5 Å². The average molecular weight is 335 g/mol. The molecule has 0 amide bonds. The minimum absolute atomic E-state index is 0.164. The largest absolute Gasteiger partial charge is 0.372 e. The first-order chi connectivity index (χ1) is 11.0. The zero-order valence-corrected chi connectivity index (χ0v) is 14.0. The van der Waals surface area contributed by atoms with Crippen LogP contribution in [0.2, 0.25) is 5.02 Å². The molecule has 0 fully saturated rings. The van der Waals surface area contributed by atoms with E-state index in [1.165, 1.54) is 0 Å². The predicted molar refractivity (Wildman–Crippen MR) is 90.5 cm³/mol. The SMILES string of the molecule is CNC(C)c1noc(C)n1.O=CC1C=Cc2cc(Cl)ccc2N1. The smallest absolute Gasteiger partial charge is 0.223 e. The molecule has 0 aliphatic carbocycles. The van der Waals surface area contributed by atoms with Crippen molar-refractivity contribution in [3.05, 3.63) is 46.6 Å². The summed E-state index contributed by atoms with van der Waals surface area (Å²) in [6.45, 7) is 3.75. The van der Waals surface area contributed by atoms with Crippen LogP contribution in [0.5, 0.6) is 0 Å². The molecule has 7 heteroatoms. The van der Waals surface area contributed by atoms with Gasteiger partial charge in [0.05, 0.1) is 6.04 Å². The minimum atomic E-state index is -0.214. The molecule has 2 N–H and O–H groups in total. The number of halogens is 1. The van der Waals surface area contributed by atoms with Gasteiger partial charge in [-0.3, -0.25) is 0 Å². The first-order valence-corrected chi connectivity index (χ1v) is 7.58. The standard InChI is InChI=1S/C10H8ClNO.C6H11N3O/c11-8-2-4-10-7(5-8)1-3-9(6-13)12-10;1-4(7-3)6-8-5(2)10-9-6/h1-6,9,12H;4,7H,1-3H3. The molecule has 2 heterocycles. The molecule has 2 unspecified atom stereocenters. The molecule has 0 saturated heterocycles. The number of anilines is 1. The van der Waals surface area contributed by atoms with E-state index in [-0.39, 0.29) is 12.1 Å². The third-order valence-corrected chi connectivity index (χ3v) is 3.56. The van der Waals surface area contributed by atoms with Gasteiger partial charge in [0.1, 0.15) is 12.3 Å². The number of carbonyl (C=O) groups is 1. The normalized spacial score (nSPS) is 16.6. The molecule has 0 saturated carbocycles. The molecule has 0 spiro atoms. The number of carbonyl (C=O) groups excluding carboxylic acids is 1. The van der Waals surface area contributed by atoms with Crippen molar-refractivity contribution in [2.24, 2.45) is 0 Å². The van der Waals surface area contributed by atoms with Crippen LogP contribution < -0.4 is 10.6 Å². The monoisotopic (exact) mass is 334 g/mol. The van der Waals surface area contributed by atoms with E-state index in [2.05, 4.69) is 20.8 Å². The number of aldehydes is 1. The predicted octanol–water partition coefficient (Wildman–Crippen LogP) is 3.00.